The van der Waals surface area contributed by atoms with E-state index in [9.17, 15) is 24.6 Å². The van der Waals surface area contributed by atoms with Crippen molar-refractivity contribution in [3.05, 3.63) is 28.8 Å². The molecule has 164 valence electrons. The van der Waals surface area contributed by atoms with Gasteiger partial charge in [0.1, 0.15) is 23.7 Å². The first kappa shape index (κ1) is 22.3. The summed E-state index contributed by atoms with van der Waals surface area (Å²) >= 11 is 0. The second kappa shape index (κ2) is 7.38. The van der Waals surface area contributed by atoms with Gasteiger partial charge in [-0.15, -0.1) is 0 Å². The van der Waals surface area contributed by atoms with Crippen LogP contribution in [0, 0.1) is 11.3 Å². The first-order valence-electron chi connectivity index (χ1n) is 10.2. The van der Waals surface area contributed by atoms with Crippen LogP contribution >= 0.6 is 0 Å². The Morgan fingerprint density at radius 2 is 1.87 bits per heavy atom. The summed E-state index contributed by atoms with van der Waals surface area (Å²) in [5, 5.41) is 22.2. The number of ether oxygens (including phenoxy) is 2. The standard InChI is InChI=1S/C23H30O7/c1-11(2)13-9-14-17(15(25)10-13)23(5)16(26)7-8-22(4,21(28)29-6)20(23)19(18(14)27)30-12(3)24/h9-11,18-20,25,27H,7-8H2,1-6H3/t18-,19-,20+,22+,23+/m0/s1. The lowest BCUT2D eigenvalue weighted by atomic mass is 9.47. The highest BCUT2D eigenvalue weighted by Gasteiger charge is 2.66. The van der Waals surface area contributed by atoms with Crippen LogP contribution in [0.3, 0.4) is 0 Å². The number of esters is 2. The molecule has 1 aromatic carbocycles. The van der Waals surface area contributed by atoms with Crippen molar-refractivity contribution >= 4 is 17.7 Å². The maximum atomic E-state index is 13.3. The van der Waals surface area contributed by atoms with Crippen LogP contribution in [0.5, 0.6) is 5.75 Å². The van der Waals surface area contributed by atoms with Crippen molar-refractivity contribution in [3.8, 4) is 5.75 Å². The van der Waals surface area contributed by atoms with Gasteiger partial charge in [0.25, 0.3) is 0 Å². The minimum Gasteiger partial charge on any atom is -0.508 e. The number of rotatable bonds is 3. The van der Waals surface area contributed by atoms with Gasteiger partial charge in [0.15, 0.2) is 0 Å². The average molecular weight is 418 g/mol. The first-order valence-corrected chi connectivity index (χ1v) is 10.2. The fourth-order valence-corrected chi connectivity index (χ4v) is 5.53. The van der Waals surface area contributed by atoms with Gasteiger partial charge in [0.2, 0.25) is 0 Å². The van der Waals surface area contributed by atoms with Crippen LogP contribution in [-0.4, -0.2) is 41.1 Å². The molecule has 0 bridgehead atoms. The third-order valence-corrected chi connectivity index (χ3v) is 7.03. The number of hydrogen-bond donors (Lipinski definition) is 2. The van der Waals surface area contributed by atoms with Crippen molar-refractivity contribution in [1.29, 1.82) is 0 Å². The number of phenolic OH excluding ortho intramolecular Hbond substituents is 1. The van der Waals surface area contributed by atoms with Crippen LogP contribution in [0.15, 0.2) is 12.1 Å². The number of hydrogen-bond acceptors (Lipinski definition) is 7. The molecule has 7 nitrogen and oxygen atoms in total. The molecular weight excluding hydrogens is 388 g/mol. The number of fused-ring (bicyclic) bond motifs is 3. The Morgan fingerprint density at radius 3 is 2.40 bits per heavy atom. The van der Waals surface area contributed by atoms with E-state index < -0.39 is 40.9 Å². The van der Waals surface area contributed by atoms with E-state index in [0.717, 1.165) is 5.56 Å². The number of carbonyl (C=O) groups is 3. The first-order chi connectivity index (χ1) is 13.9. The van der Waals surface area contributed by atoms with Crippen molar-refractivity contribution in [3.63, 3.8) is 0 Å². The van der Waals surface area contributed by atoms with Gasteiger partial charge in [0, 0.05) is 24.8 Å². The predicted molar refractivity (Wildman–Crippen MR) is 108 cm³/mol. The molecule has 0 radical (unpaired) electrons. The highest BCUT2D eigenvalue weighted by atomic mass is 16.6. The number of aliphatic hydroxyl groups excluding tert-OH is 1. The zero-order valence-corrected chi connectivity index (χ0v) is 18.3. The second-order valence-electron chi connectivity index (χ2n) is 9.19. The summed E-state index contributed by atoms with van der Waals surface area (Å²) in [6.45, 7) is 8.45. The minimum atomic E-state index is -1.34. The Bertz CT molecular complexity index is 905. The van der Waals surface area contributed by atoms with E-state index >= 15 is 0 Å². The summed E-state index contributed by atoms with van der Waals surface area (Å²) in [5.41, 5.74) is -1.10. The highest BCUT2D eigenvalue weighted by molar-refractivity contribution is 5.95. The molecule has 1 saturated carbocycles. The quantitative estimate of drug-likeness (QED) is 0.726. The number of methoxy groups -OCH3 is 1. The number of aromatic hydroxyl groups is 1. The molecule has 0 saturated heterocycles. The number of phenols is 1. The van der Waals surface area contributed by atoms with E-state index in [0.29, 0.717) is 11.1 Å². The molecule has 3 rings (SSSR count). The molecule has 0 spiro atoms. The Labute approximate surface area is 176 Å². The zero-order chi connectivity index (χ0) is 22.6. The molecule has 30 heavy (non-hydrogen) atoms. The van der Waals surface area contributed by atoms with Gasteiger partial charge < -0.3 is 19.7 Å². The van der Waals surface area contributed by atoms with Gasteiger partial charge in [-0.1, -0.05) is 19.9 Å². The zero-order valence-electron chi connectivity index (χ0n) is 18.3. The van der Waals surface area contributed by atoms with E-state index in [4.69, 9.17) is 9.47 Å². The van der Waals surface area contributed by atoms with Crippen LogP contribution in [0.1, 0.15) is 76.2 Å². The number of aliphatic hydroxyl groups is 1. The van der Waals surface area contributed by atoms with Gasteiger partial charge >= 0.3 is 11.9 Å². The largest absolute Gasteiger partial charge is 0.508 e. The van der Waals surface area contributed by atoms with E-state index in [1.807, 2.05) is 13.8 Å². The summed E-state index contributed by atoms with van der Waals surface area (Å²) in [6.07, 6.45) is -2.15. The van der Waals surface area contributed by atoms with Crippen molar-refractivity contribution in [1.82, 2.24) is 0 Å². The lowest BCUT2D eigenvalue weighted by Gasteiger charge is -2.56. The van der Waals surface area contributed by atoms with Crippen LogP contribution in [0.2, 0.25) is 0 Å². The summed E-state index contributed by atoms with van der Waals surface area (Å²) < 4.78 is 10.6. The van der Waals surface area contributed by atoms with E-state index in [1.165, 1.54) is 14.0 Å². The topological polar surface area (TPSA) is 110 Å². The third kappa shape index (κ3) is 3.02. The average Bonchev–Trinajstić information content (AvgIpc) is 2.67. The van der Waals surface area contributed by atoms with Crippen LogP contribution in [-0.2, 0) is 29.3 Å². The van der Waals surface area contributed by atoms with Crippen LogP contribution in [0.25, 0.3) is 0 Å². The fraction of sp³-hybridized carbons (Fsp3) is 0.609. The molecule has 2 N–H and O–H groups in total. The van der Waals surface area contributed by atoms with Crippen molar-refractivity contribution in [2.45, 2.75) is 71.0 Å². The molecule has 0 aromatic heterocycles. The Balaban J connectivity index is 2.37. The third-order valence-electron chi connectivity index (χ3n) is 7.03. The van der Waals surface area contributed by atoms with Crippen molar-refractivity contribution in [2.75, 3.05) is 7.11 Å². The molecule has 2 aliphatic carbocycles. The van der Waals surface area contributed by atoms with Gasteiger partial charge in [-0.2, -0.15) is 0 Å². The minimum absolute atomic E-state index is 0.0634. The van der Waals surface area contributed by atoms with Crippen molar-refractivity contribution < 1.29 is 34.1 Å². The van der Waals surface area contributed by atoms with Gasteiger partial charge in [0.05, 0.1) is 17.9 Å². The van der Waals surface area contributed by atoms with Crippen molar-refractivity contribution in [2.24, 2.45) is 11.3 Å². The molecule has 7 heteroatoms. The Kier molecular flexibility index (Phi) is 5.48. The second-order valence-corrected chi connectivity index (χ2v) is 9.19. The van der Waals surface area contributed by atoms with E-state index in [1.54, 1.807) is 26.0 Å². The van der Waals surface area contributed by atoms with Crippen LogP contribution < -0.4 is 0 Å². The highest BCUT2D eigenvalue weighted by Crippen LogP contribution is 2.61. The molecule has 1 aromatic rings. The summed E-state index contributed by atoms with van der Waals surface area (Å²) in [6, 6.07) is 3.35. The SMILES string of the molecule is COC(=O)[C@]1(C)CCC(=O)[C@]2(C)c3c(O)cc(C(C)C)cc3[C@H](O)[C@H](OC(C)=O)[C@H]12. The normalized spacial score (nSPS) is 32.9. The maximum absolute atomic E-state index is 13.3. The maximum Gasteiger partial charge on any atom is 0.312 e. The molecule has 0 amide bonds. The Morgan fingerprint density at radius 1 is 1.23 bits per heavy atom. The fourth-order valence-electron chi connectivity index (χ4n) is 5.53. The lowest BCUT2D eigenvalue weighted by Crippen LogP contribution is -2.63. The summed E-state index contributed by atoms with van der Waals surface area (Å²) in [7, 11) is 1.27. The smallest absolute Gasteiger partial charge is 0.312 e. The number of ketones is 1. The number of benzene rings is 1. The molecule has 2 aliphatic rings. The molecule has 0 unspecified atom stereocenters. The van der Waals surface area contributed by atoms with Gasteiger partial charge in [-0.05, 0) is 43.4 Å². The van der Waals surface area contributed by atoms with E-state index in [-0.39, 0.29) is 30.3 Å². The summed E-state index contributed by atoms with van der Waals surface area (Å²) in [4.78, 5) is 38.1. The van der Waals surface area contributed by atoms with Crippen LogP contribution in [0.4, 0.5) is 0 Å². The Hall–Kier alpha value is -2.41. The predicted octanol–water partition coefficient (Wildman–Crippen LogP) is 2.91. The molecule has 5 atom stereocenters. The van der Waals surface area contributed by atoms with Gasteiger partial charge in [-0.25, -0.2) is 0 Å². The lowest BCUT2D eigenvalue weighted by molar-refractivity contribution is -0.190. The monoisotopic (exact) mass is 418 g/mol. The molecule has 0 heterocycles. The number of Topliss-reactive ketones (excluding diaryl/α,β-unsaturated/α-hetero) is 1. The number of carbonyl (C=O) groups excluding carboxylic acids is 3. The molecule has 0 aliphatic heterocycles. The van der Waals surface area contributed by atoms with E-state index in [2.05, 4.69) is 0 Å². The summed E-state index contributed by atoms with van der Waals surface area (Å²) in [5.74, 6) is -2.29. The molecular formula is C23H30O7. The van der Waals surface area contributed by atoms with Gasteiger partial charge in [-0.3, -0.25) is 14.4 Å². The molecule has 1 fully saturated rings.